The number of aromatic nitrogens is 1. The van der Waals surface area contributed by atoms with Crippen LogP contribution in [-0.2, 0) is 0 Å². The number of nitrogens with zero attached hydrogens (tertiary/aromatic N) is 1. The molecule has 0 unspecified atom stereocenters. The van der Waals surface area contributed by atoms with Crippen molar-refractivity contribution in [3.63, 3.8) is 0 Å². The standard InChI is InChI=1S/C10H13NOS/c1-7(2)9-5-4-8(6-12)10(11-9)13-3/h4-7H,1-3H3. The summed E-state index contributed by atoms with van der Waals surface area (Å²) in [5, 5.41) is 0.821. The van der Waals surface area contributed by atoms with E-state index in [0.717, 1.165) is 17.0 Å². The van der Waals surface area contributed by atoms with Crippen molar-refractivity contribution >= 4 is 18.0 Å². The summed E-state index contributed by atoms with van der Waals surface area (Å²) in [6.07, 6.45) is 2.78. The molecule has 0 aliphatic carbocycles. The Morgan fingerprint density at radius 2 is 2.15 bits per heavy atom. The highest BCUT2D eigenvalue weighted by molar-refractivity contribution is 7.98. The Balaban J connectivity index is 3.12. The highest BCUT2D eigenvalue weighted by atomic mass is 32.2. The van der Waals surface area contributed by atoms with Crippen LogP contribution in [0.5, 0.6) is 0 Å². The Morgan fingerprint density at radius 3 is 2.62 bits per heavy atom. The quantitative estimate of drug-likeness (QED) is 0.548. The summed E-state index contributed by atoms with van der Waals surface area (Å²) in [5.74, 6) is 0.409. The molecule has 1 heterocycles. The van der Waals surface area contributed by atoms with E-state index in [4.69, 9.17) is 0 Å². The maximum absolute atomic E-state index is 10.6. The summed E-state index contributed by atoms with van der Waals surface area (Å²) in [6, 6.07) is 3.75. The fourth-order valence-corrected chi connectivity index (χ4v) is 1.59. The minimum atomic E-state index is 0.409. The first-order valence-electron chi connectivity index (χ1n) is 4.19. The van der Waals surface area contributed by atoms with Gasteiger partial charge in [0.1, 0.15) is 5.03 Å². The lowest BCUT2D eigenvalue weighted by atomic mass is 10.1. The fraction of sp³-hybridized carbons (Fsp3) is 0.400. The predicted octanol–water partition coefficient (Wildman–Crippen LogP) is 2.74. The number of carbonyl (C=O) groups is 1. The van der Waals surface area contributed by atoms with Crippen LogP contribution in [0.1, 0.15) is 35.8 Å². The van der Waals surface area contributed by atoms with Crippen LogP contribution in [0, 0.1) is 0 Å². The van der Waals surface area contributed by atoms with Crippen LogP contribution in [0.25, 0.3) is 0 Å². The normalized spacial score (nSPS) is 10.5. The Kier molecular flexibility index (Phi) is 3.48. The first-order chi connectivity index (χ1) is 6.19. The fourth-order valence-electron chi connectivity index (χ4n) is 1.04. The minimum absolute atomic E-state index is 0.409. The monoisotopic (exact) mass is 195 g/mol. The molecule has 0 aromatic carbocycles. The predicted molar refractivity (Wildman–Crippen MR) is 55.5 cm³/mol. The Morgan fingerprint density at radius 1 is 1.46 bits per heavy atom. The molecule has 0 N–H and O–H groups in total. The number of pyridine rings is 1. The van der Waals surface area contributed by atoms with Gasteiger partial charge < -0.3 is 0 Å². The summed E-state index contributed by atoms with van der Waals surface area (Å²) < 4.78 is 0. The minimum Gasteiger partial charge on any atom is -0.298 e. The van der Waals surface area contributed by atoms with Gasteiger partial charge in [-0.3, -0.25) is 4.79 Å². The second-order valence-electron chi connectivity index (χ2n) is 3.11. The lowest BCUT2D eigenvalue weighted by Crippen LogP contribution is -1.96. The Hall–Kier alpha value is -0.830. The van der Waals surface area contributed by atoms with Gasteiger partial charge in [0, 0.05) is 11.3 Å². The van der Waals surface area contributed by atoms with Gasteiger partial charge in [-0.2, -0.15) is 0 Å². The van der Waals surface area contributed by atoms with Crippen LogP contribution < -0.4 is 0 Å². The molecule has 70 valence electrons. The maximum Gasteiger partial charge on any atom is 0.152 e. The zero-order chi connectivity index (χ0) is 9.84. The largest absolute Gasteiger partial charge is 0.298 e. The van der Waals surface area contributed by atoms with Gasteiger partial charge >= 0.3 is 0 Å². The Bertz CT molecular complexity index is 310. The third kappa shape index (κ3) is 2.31. The summed E-state index contributed by atoms with van der Waals surface area (Å²) in [5.41, 5.74) is 1.71. The van der Waals surface area contributed by atoms with Crippen molar-refractivity contribution in [2.75, 3.05) is 6.26 Å². The number of carbonyl (C=O) groups excluding carboxylic acids is 1. The average molecular weight is 195 g/mol. The number of rotatable bonds is 3. The molecule has 0 aliphatic rings. The topological polar surface area (TPSA) is 30.0 Å². The SMILES string of the molecule is CSc1nc(C(C)C)ccc1C=O. The summed E-state index contributed by atoms with van der Waals surface area (Å²) in [7, 11) is 0. The van der Waals surface area contributed by atoms with E-state index in [1.54, 1.807) is 0 Å². The third-order valence-electron chi connectivity index (χ3n) is 1.82. The maximum atomic E-state index is 10.6. The second kappa shape index (κ2) is 4.42. The van der Waals surface area contributed by atoms with Crippen molar-refractivity contribution in [1.29, 1.82) is 0 Å². The van der Waals surface area contributed by atoms with Crippen molar-refractivity contribution in [3.8, 4) is 0 Å². The molecule has 1 rings (SSSR count). The van der Waals surface area contributed by atoms with Gasteiger partial charge in [-0.25, -0.2) is 4.98 Å². The number of thioether (sulfide) groups is 1. The Labute approximate surface area is 82.8 Å². The van der Waals surface area contributed by atoms with Crippen molar-refractivity contribution in [3.05, 3.63) is 23.4 Å². The number of aldehydes is 1. The molecule has 0 saturated carbocycles. The first-order valence-corrected chi connectivity index (χ1v) is 5.41. The van der Waals surface area contributed by atoms with Crippen LogP contribution in [0.4, 0.5) is 0 Å². The molecule has 2 nitrogen and oxygen atoms in total. The second-order valence-corrected chi connectivity index (χ2v) is 3.90. The molecule has 0 atom stereocenters. The highest BCUT2D eigenvalue weighted by Gasteiger charge is 2.06. The van der Waals surface area contributed by atoms with E-state index in [1.165, 1.54) is 11.8 Å². The van der Waals surface area contributed by atoms with Crippen molar-refractivity contribution < 1.29 is 4.79 Å². The van der Waals surface area contributed by atoms with E-state index in [1.807, 2.05) is 18.4 Å². The molecule has 0 radical (unpaired) electrons. The van der Waals surface area contributed by atoms with Crippen molar-refractivity contribution in [2.45, 2.75) is 24.8 Å². The molecule has 1 aromatic heterocycles. The van der Waals surface area contributed by atoms with Gasteiger partial charge in [0.15, 0.2) is 6.29 Å². The number of hydrogen-bond acceptors (Lipinski definition) is 3. The molecular weight excluding hydrogens is 182 g/mol. The molecule has 0 bridgehead atoms. The molecule has 0 aliphatic heterocycles. The molecule has 0 spiro atoms. The van der Waals surface area contributed by atoms with E-state index in [-0.39, 0.29) is 0 Å². The molecule has 3 heteroatoms. The zero-order valence-corrected chi connectivity index (χ0v) is 8.89. The summed E-state index contributed by atoms with van der Waals surface area (Å²) in [4.78, 5) is 15.0. The van der Waals surface area contributed by atoms with Gasteiger partial charge in [0.2, 0.25) is 0 Å². The van der Waals surface area contributed by atoms with E-state index < -0.39 is 0 Å². The smallest absolute Gasteiger partial charge is 0.152 e. The van der Waals surface area contributed by atoms with Gasteiger partial charge in [-0.05, 0) is 24.3 Å². The highest BCUT2D eigenvalue weighted by Crippen LogP contribution is 2.20. The average Bonchev–Trinajstić information content (AvgIpc) is 2.16. The van der Waals surface area contributed by atoms with Gasteiger partial charge in [0.05, 0.1) is 0 Å². The third-order valence-corrected chi connectivity index (χ3v) is 2.54. The van der Waals surface area contributed by atoms with Crippen LogP contribution in [0.15, 0.2) is 17.2 Å². The molecular formula is C10H13NOS. The summed E-state index contributed by atoms with van der Waals surface area (Å²) in [6.45, 7) is 4.18. The van der Waals surface area contributed by atoms with Crippen molar-refractivity contribution in [2.24, 2.45) is 0 Å². The van der Waals surface area contributed by atoms with Crippen LogP contribution in [0.3, 0.4) is 0 Å². The molecule has 0 amide bonds. The lowest BCUT2D eigenvalue weighted by molar-refractivity contribution is 0.112. The molecule has 1 aromatic rings. The van der Waals surface area contributed by atoms with Gasteiger partial charge in [0.25, 0.3) is 0 Å². The van der Waals surface area contributed by atoms with Crippen LogP contribution in [0.2, 0.25) is 0 Å². The first kappa shape index (κ1) is 10.3. The van der Waals surface area contributed by atoms with Gasteiger partial charge in [-0.1, -0.05) is 13.8 Å². The zero-order valence-electron chi connectivity index (χ0n) is 8.07. The van der Waals surface area contributed by atoms with E-state index in [2.05, 4.69) is 18.8 Å². The summed E-state index contributed by atoms with van der Waals surface area (Å²) >= 11 is 1.51. The van der Waals surface area contributed by atoms with Crippen molar-refractivity contribution in [1.82, 2.24) is 4.98 Å². The van der Waals surface area contributed by atoms with Crippen LogP contribution >= 0.6 is 11.8 Å². The number of hydrogen-bond donors (Lipinski definition) is 0. The molecule has 0 saturated heterocycles. The van der Waals surface area contributed by atoms with E-state index in [0.29, 0.717) is 11.5 Å². The van der Waals surface area contributed by atoms with E-state index >= 15 is 0 Å². The molecule has 13 heavy (non-hydrogen) atoms. The van der Waals surface area contributed by atoms with Gasteiger partial charge in [-0.15, -0.1) is 11.8 Å². The lowest BCUT2D eigenvalue weighted by Gasteiger charge is -2.07. The van der Waals surface area contributed by atoms with Crippen LogP contribution in [-0.4, -0.2) is 17.5 Å². The van der Waals surface area contributed by atoms with E-state index in [9.17, 15) is 4.79 Å². The molecule has 0 fully saturated rings.